The normalized spacial score (nSPS) is 28.4. The molecule has 6 heteroatoms. The number of nitrogens with zero attached hydrogens (tertiary/aromatic N) is 4. The fourth-order valence-corrected chi connectivity index (χ4v) is 5.86. The summed E-state index contributed by atoms with van der Waals surface area (Å²) < 4.78 is 14.8. The highest BCUT2D eigenvalue weighted by Crippen LogP contribution is 2.37. The summed E-state index contributed by atoms with van der Waals surface area (Å²) in [7, 11) is 0. The lowest BCUT2D eigenvalue weighted by Gasteiger charge is -2.41. The Morgan fingerprint density at radius 3 is 2.54 bits per heavy atom. The SMILES string of the molecule is C1CCC(Cn2c(CC3CCCC3)nnc2N2CCOC3(CCCC3)C2)OC1. The highest BCUT2D eigenvalue weighted by molar-refractivity contribution is 5.33. The molecule has 1 aromatic heterocycles. The van der Waals surface area contributed by atoms with Crippen LogP contribution in [-0.2, 0) is 22.4 Å². The second-order valence-corrected chi connectivity index (χ2v) is 9.53. The first-order valence-corrected chi connectivity index (χ1v) is 11.7. The first-order valence-electron chi connectivity index (χ1n) is 11.7. The zero-order valence-electron chi connectivity index (χ0n) is 17.3. The molecule has 0 N–H and O–H groups in total. The number of rotatable bonds is 5. The molecular formula is C22H36N4O2. The first kappa shape index (κ1) is 18.9. The zero-order chi connectivity index (χ0) is 18.8. The Labute approximate surface area is 169 Å². The van der Waals surface area contributed by atoms with Crippen LogP contribution in [0, 0.1) is 5.92 Å². The highest BCUT2D eigenvalue weighted by Gasteiger charge is 2.40. The molecule has 1 unspecified atom stereocenters. The van der Waals surface area contributed by atoms with Crippen molar-refractivity contribution < 1.29 is 9.47 Å². The number of aromatic nitrogens is 3. The van der Waals surface area contributed by atoms with Crippen molar-refractivity contribution in [3.05, 3.63) is 5.82 Å². The Kier molecular flexibility index (Phi) is 5.60. The van der Waals surface area contributed by atoms with E-state index in [4.69, 9.17) is 19.7 Å². The van der Waals surface area contributed by atoms with Gasteiger partial charge in [0, 0.05) is 26.1 Å². The lowest BCUT2D eigenvalue weighted by atomic mass is 10.00. The van der Waals surface area contributed by atoms with E-state index in [1.807, 2.05) is 0 Å². The van der Waals surface area contributed by atoms with Crippen molar-refractivity contribution >= 4 is 5.95 Å². The molecule has 1 atom stereocenters. The number of anilines is 1. The number of hydrogen-bond donors (Lipinski definition) is 0. The standard InChI is InChI=1S/C22H36N4O2/c1-2-8-18(7-1)15-20-23-24-21(26(20)16-19-9-3-6-13-27-19)25-12-14-28-22(17-25)10-4-5-11-22/h18-19H,1-17H2. The van der Waals surface area contributed by atoms with Gasteiger partial charge in [0.25, 0.3) is 0 Å². The minimum absolute atomic E-state index is 0.0575. The van der Waals surface area contributed by atoms with Crippen LogP contribution in [0.4, 0.5) is 5.95 Å². The summed E-state index contributed by atoms with van der Waals surface area (Å²) in [4.78, 5) is 2.46. The van der Waals surface area contributed by atoms with Gasteiger partial charge in [-0.05, 0) is 38.0 Å². The van der Waals surface area contributed by atoms with Crippen LogP contribution in [-0.4, -0.2) is 52.8 Å². The molecule has 0 aromatic carbocycles. The maximum absolute atomic E-state index is 6.26. The molecule has 156 valence electrons. The molecule has 2 aliphatic heterocycles. The molecule has 1 aromatic rings. The Morgan fingerprint density at radius 1 is 0.929 bits per heavy atom. The van der Waals surface area contributed by atoms with Crippen LogP contribution in [0.2, 0.25) is 0 Å². The quantitative estimate of drug-likeness (QED) is 0.769. The van der Waals surface area contributed by atoms with Crippen LogP contribution in [0.5, 0.6) is 0 Å². The van der Waals surface area contributed by atoms with Gasteiger partial charge in [0.15, 0.2) is 0 Å². The van der Waals surface area contributed by atoms with Crippen molar-refractivity contribution in [2.45, 2.75) is 95.3 Å². The Hall–Kier alpha value is -1.14. The third kappa shape index (κ3) is 3.95. The van der Waals surface area contributed by atoms with E-state index in [1.54, 1.807) is 0 Å². The summed E-state index contributed by atoms with van der Waals surface area (Å²) in [5.74, 6) is 3.04. The molecule has 28 heavy (non-hydrogen) atoms. The van der Waals surface area contributed by atoms with Gasteiger partial charge in [-0.25, -0.2) is 0 Å². The molecule has 3 heterocycles. The molecule has 2 saturated heterocycles. The van der Waals surface area contributed by atoms with Crippen LogP contribution in [0.15, 0.2) is 0 Å². The lowest BCUT2D eigenvalue weighted by molar-refractivity contribution is -0.0509. The molecular weight excluding hydrogens is 352 g/mol. The van der Waals surface area contributed by atoms with E-state index < -0.39 is 0 Å². The van der Waals surface area contributed by atoms with Gasteiger partial charge in [-0.2, -0.15) is 0 Å². The molecule has 0 bridgehead atoms. The van der Waals surface area contributed by atoms with Gasteiger partial charge in [-0.1, -0.05) is 38.5 Å². The smallest absolute Gasteiger partial charge is 0.227 e. The first-order chi connectivity index (χ1) is 13.8. The molecule has 4 aliphatic rings. The summed E-state index contributed by atoms with van der Waals surface area (Å²) in [5, 5.41) is 9.44. The second kappa shape index (κ2) is 8.31. The summed E-state index contributed by atoms with van der Waals surface area (Å²) in [6.45, 7) is 4.52. The van der Waals surface area contributed by atoms with Gasteiger partial charge >= 0.3 is 0 Å². The molecule has 5 rings (SSSR count). The summed E-state index contributed by atoms with van der Waals surface area (Å²) >= 11 is 0. The van der Waals surface area contributed by atoms with E-state index in [9.17, 15) is 0 Å². The minimum atomic E-state index is 0.0575. The van der Waals surface area contributed by atoms with Crippen LogP contribution in [0.25, 0.3) is 0 Å². The van der Waals surface area contributed by atoms with Gasteiger partial charge in [-0.15, -0.1) is 10.2 Å². The average molecular weight is 389 g/mol. The van der Waals surface area contributed by atoms with Gasteiger partial charge < -0.3 is 14.4 Å². The van der Waals surface area contributed by atoms with Crippen LogP contribution in [0.3, 0.4) is 0 Å². The average Bonchev–Trinajstić information content (AvgIpc) is 3.47. The lowest BCUT2D eigenvalue weighted by Crippen LogP contribution is -2.51. The van der Waals surface area contributed by atoms with Crippen molar-refractivity contribution in [2.24, 2.45) is 5.92 Å². The summed E-state index contributed by atoms with van der Waals surface area (Å²) in [5.41, 5.74) is 0.0575. The third-order valence-corrected chi connectivity index (χ3v) is 7.46. The maximum Gasteiger partial charge on any atom is 0.227 e. The molecule has 6 nitrogen and oxygen atoms in total. The van der Waals surface area contributed by atoms with E-state index in [1.165, 1.54) is 70.0 Å². The predicted molar refractivity (Wildman–Crippen MR) is 109 cm³/mol. The summed E-state index contributed by atoms with van der Waals surface area (Å²) in [6.07, 6.45) is 15.5. The predicted octanol–water partition coefficient (Wildman–Crippen LogP) is 3.73. The fraction of sp³-hybridized carbons (Fsp3) is 0.909. The van der Waals surface area contributed by atoms with Crippen molar-refractivity contribution in [3.63, 3.8) is 0 Å². The fourth-order valence-electron chi connectivity index (χ4n) is 5.86. The van der Waals surface area contributed by atoms with Gasteiger partial charge in [-0.3, -0.25) is 4.57 Å². The molecule has 4 fully saturated rings. The maximum atomic E-state index is 6.26. The monoisotopic (exact) mass is 388 g/mol. The third-order valence-electron chi connectivity index (χ3n) is 7.46. The van der Waals surface area contributed by atoms with Crippen molar-refractivity contribution in [1.29, 1.82) is 0 Å². The Morgan fingerprint density at radius 2 is 1.75 bits per heavy atom. The second-order valence-electron chi connectivity index (χ2n) is 9.53. The van der Waals surface area contributed by atoms with Crippen LogP contribution in [0.1, 0.15) is 76.5 Å². The minimum Gasteiger partial charge on any atom is -0.376 e. The van der Waals surface area contributed by atoms with E-state index >= 15 is 0 Å². The van der Waals surface area contributed by atoms with E-state index in [0.29, 0.717) is 6.10 Å². The number of morpholine rings is 1. The van der Waals surface area contributed by atoms with Crippen LogP contribution < -0.4 is 4.90 Å². The molecule has 0 radical (unpaired) electrons. The molecule has 2 saturated carbocycles. The van der Waals surface area contributed by atoms with Crippen molar-refractivity contribution in [3.8, 4) is 0 Å². The topological polar surface area (TPSA) is 52.4 Å². The highest BCUT2D eigenvalue weighted by atomic mass is 16.5. The van der Waals surface area contributed by atoms with E-state index in [2.05, 4.69) is 9.47 Å². The van der Waals surface area contributed by atoms with Gasteiger partial charge in [0.1, 0.15) is 5.82 Å². The van der Waals surface area contributed by atoms with E-state index in [0.717, 1.165) is 57.6 Å². The van der Waals surface area contributed by atoms with Crippen molar-refractivity contribution in [2.75, 3.05) is 31.2 Å². The number of ether oxygens (including phenoxy) is 2. The molecule has 1 spiro atoms. The van der Waals surface area contributed by atoms with E-state index in [-0.39, 0.29) is 5.60 Å². The summed E-state index contributed by atoms with van der Waals surface area (Å²) in [6, 6.07) is 0. The Bertz CT molecular complexity index is 643. The van der Waals surface area contributed by atoms with Crippen LogP contribution >= 0.6 is 0 Å². The largest absolute Gasteiger partial charge is 0.376 e. The number of hydrogen-bond acceptors (Lipinski definition) is 5. The van der Waals surface area contributed by atoms with Crippen molar-refractivity contribution in [1.82, 2.24) is 14.8 Å². The Balaban J connectivity index is 1.38. The van der Waals surface area contributed by atoms with Gasteiger partial charge in [0.2, 0.25) is 5.95 Å². The molecule has 2 aliphatic carbocycles. The molecule has 0 amide bonds. The van der Waals surface area contributed by atoms with Gasteiger partial charge in [0.05, 0.1) is 24.9 Å². The zero-order valence-corrected chi connectivity index (χ0v) is 17.3.